The molecule has 0 saturated heterocycles. The van der Waals surface area contributed by atoms with Gasteiger partial charge in [0.25, 0.3) is 0 Å². The molecule has 0 spiro atoms. The van der Waals surface area contributed by atoms with Gasteiger partial charge in [-0.05, 0) is 19.4 Å². The van der Waals surface area contributed by atoms with Crippen molar-refractivity contribution in [2.24, 2.45) is 11.7 Å². The molecule has 0 aromatic rings. The number of hydrogen-bond acceptors (Lipinski definition) is 3. The maximum absolute atomic E-state index is 5.87. The predicted molar refractivity (Wildman–Crippen MR) is 61.4 cm³/mol. The summed E-state index contributed by atoms with van der Waals surface area (Å²) in [5.41, 5.74) is 5.87. The molecule has 0 aromatic heterocycles. The zero-order valence-electron chi connectivity index (χ0n) is 10.1. The fourth-order valence-electron chi connectivity index (χ4n) is 1.86. The maximum atomic E-state index is 5.87. The first-order valence-electron chi connectivity index (χ1n) is 5.53. The van der Waals surface area contributed by atoms with Crippen LogP contribution in [-0.2, 0) is 4.74 Å². The van der Waals surface area contributed by atoms with Crippen LogP contribution in [0.5, 0.6) is 0 Å². The van der Waals surface area contributed by atoms with Crippen LogP contribution in [0.1, 0.15) is 26.7 Å². The Labute approximate surface area is 88.6 Å². The fourth-order valence-corrected chi connectivity index (χ4v) is 1.86. The number of likely N-dealkylation sites (N-methyl/N-ethyl adjacent to an activating group) is 1. The summed E-state index contributed by atoms with van der Waals surface area (Å²) in [6, 6.07) is 0.138. The summed E-state index contributed by atoms with van der Waals surface area (Å²) in [4.78, 5) is 2.30. The van der Waals surface area contributed by atoms with Gasteiger partial charge >= 0.3 is 0 Å². The Morgan fingerprint density at radius 1 is 1.36 bits per heavy atom. The lowest BCUT2D eigenvalue weighted by molar-refractivity contribution is 0.156. The third-order valence-corrected chi connectivity index (χ3v) is 2.33. The van der Waals surface area contributed by atoms with E-state index in [0.717, 1.165) is 19.0 Å². The minimum atomic E-state index is 0.138. The van der Waals surface area contributed by atoms with E-state index in [1.807, 2.05) is 0 Å². The Bertz CT molecular complexity index is 116. The van der Waals surface area contributed by atoms with Crippen LogP contribution < -0.4 is 5.73 Å². The molecule has 86 valence electrons. The third-order valence-electron chi connectivity index (χ3n) is 2.33. The number of hydrogen-bond donors (Lipinski definition) is 1. The van der Waals surface area contributed by atoms with E-state index in [1.165, 1.54) is 12.8 Å². The zero-order valence-corrected chi connectivity index (χ0v) is 10.1. The minimum Gasteiger partial charge on any atom is -0.383 e. The average Bonchev–Trinajstić information content (AvgIpc) is 2.03. The normalized spacial score (nSPS) is 15.9. The van der Waals surface area contributed by atoms with Crippen molar-refractivity contribution in [3.8, 4) is 0 Å². The van der Waals surface area contributed by atoms with Crippen molar-refractivity contribution < 1.29 is 4.74 Å². The van der Waals surface area contributed by atoms with Gasteiger partial charge in [0, 0.05) is 26.2 Å². The minimum absolute atomic E-state index is 0.138. The number of ether oxygens (including phenoxy) is 1. The van der Waals surface area contributed by atoms with E-state index in [9.17, 15) is 0 Å². The Morgan fingerprint density at radius 3 is 2.50 bits per heavy atom. The number of methoxy groups -OCH3 is 1. The summed E-state index contributed by atoms with van der Waals surface area (Å²) in [5.74, 6) is 0.764. The summed E-state index contributed by atoms with van der Waals surface area (Å²) >= 11 is 0. The molecule has 0 aliphatic rings. The Balaban J connectivity index is 3.57. The second-order valence-electron chi connectivity index (χ2n) is 4.33. The highest BCUT2D eigenvalue weighted by atomic mass is 16.5. The second-order valence-corrected chi connectivity index (χ2v) is 4.33. The molecule has 3 nitrogen and oxygen atoms in total. The highest BCUT2D eigenvalue weighted by Crippen LogP contribution is 2.06. The predicted octanol–water partition coefficient (Wildman–Crippen LogP) is 1.33. The first kappa shape index (κ1) is 13.9. The molecule has 2 N–H and O–H groups in total. The SMILES string of the molecule is CCCC(C)CN(C)CC(N)COC. The Kier molecular flexibility index (Phi) is 8.14. The van der Waals surface area contributed by atoms with Gasteiger partial charge in [0.05, 0.1) is 6.61 Å². The number of nitrogens with zero attached hydrogens (tertiary/aromatic N) is 1. The lowest BCUT2D eigenvalue weighted by atomic mass is 10.1. The molecule has 3 heteroatoms. The summed E-state index contributed by atoms with van der Waals surface area (Å²) in [7, 11) is 3.82. The van der Waals surface area contributed by atoms with Gasteiger partial charge in [-0.2, -0.15) is 0 Å². The van der Waals surface area contributed by atoms with E-state index < -0.39 is 0 Å². The monoisotopic (exact) mass is 202 g/mol. The van der Waals surface area contributed by atoms with E-state index in [-0.39, 0.29) is 6.04 Å². The van der Waals surface area contributed by atoms with Gasteiger partial charge in [0.15, 0.2) is 0 Å². The summed E-state index contributed by atoms with van der Waals surface area (Å²) in [6.07, 6.45) is 2.56. The molecule has 0 aromatic carbocycles. The average molecular weight is 202 g/mol. The van der Waals surface area contributed by atoms with Crippen molar-refractivity contribution in [1.82, 2.24) is 4.90 Å². The molecule has 2 unspecified atom stereocenters. The van der Waals surface area contributed by atoms with E-state index in [0.29, 0.717) is 6.61 Å². The Hall–Kier alpha value is -0.120. The smallest absolute Gasteiger partial charge is 0.0626 e. The molecule has 0 heterocycles. The molecule has 0 aliphatic carbocycles. The van der Waals surface area contributed by atoms with Crippen LogP contribution in [-0.4, -0.2) is 44.8 Å². The lowest BCUT2D eigenvalue weighted by Crippen LogP contribution is -2.39. The van der Waals surface area contributed by atoms with Crippen molar-refractivity contribution in [1.29, 1.82) is 0 Å². The second kappa shape index (κ2) is 8.21. The molecule has 0 amide bonds. The molecule has 0 fully saturated rings. The van der Waals surface area contributed by atoms with Crippen LogP contribution in [0.2, 0.25) is 0 Å². The van der Waals surface area contributed by atoms with Gasteiger partial charge in [-0.3, -0.25) is 0 Å². The summed E-state index contributed by atoms with van der Waals surface area (Å²) < 4.78 is 5.01. The molecular formula is C11H26N2O. The van der Waals surface area contributed by atoms with Crippen molar-refractivity contribution in [3.63, 3.8) is 0 Å². The molecule has 14 heavy (non-hydrogen) atoms. The quantitative estimate of drug-likeness (QED) is 0.645. The summed E-state index contributed by atoms with van der Waals surface area (Å²) in [6.45, 7) is 7.22. The van der Waals surface area contributed by atoms with Gasteiger partial charge in [-0.1, -0.05) is 20.3 Å². The highest BCUT2D eigenvalue weighted by molar-refractivity contribution is 4.67. The topological polar surface area (TPSA) is 38.5 Å². The molecular weight excluding hydrogens is 176 g/mol. The highest BCUT2D eigenvalue weighted by Gasteiger charge is 2.09. The first-order chi connectivity index (χ1) is 6.60. The van der Waals surface area contributed by atoms with Crippen LogP contribution in [0.25, 0.3) is 0 Å². The van der Waals surface area contributed by atoms with Gasteiger partial charge in [-0.15, -0.1) is 0 Å². The van der Waals surface area contributed by atoms with Crippen molar-refractivity contribution in [2.45, 2.75) is 32.7 Å². The first-order valence-corrected chi connectivity index (χ1v) is 5.53. The van der Waals surface area contributed by atoms with Gasteiger partial charge < -0.3 is 15.4 Å². The van der Waals surface area contributed by atoms with E-state index in [4.69, 9.17) is 10.5 Å². The van der Waals surface area contributed by atoms with Crippen LogP contribution in [0, 0.1) is 5.92 Å². The molecule has 0 bridgehead atoms. The van der Waals surface area contributed by atoms with Crippen molar-refractivity contribution in [3.05, 3.63) is 0 Å². The maximum Gasteiger partial charge on any atom is 0.0626 e. The van der Waals surface area contributed by atoms with Crippen LogP contribution in [0.15, 0.2) is 0 Å². The lowest BCUT2D eigenvalue weighted by Gasteiger charge is -2.23. The largest absolute Gasteiger partial charge is 0.383 e. The van der Waals surface area contributed by atoms with Gasteiger partial charge in [-0.25, -0.2) is 0 Å². The van der Waals surface area contributed by atoms with E-state index >= 15 is 0 Å². The molecule has 2 atom stereocenters. The van der Waals surface area contributed by atoms with Gasteiger partial charge in [0.1, 0.15) is 0 Å². The zero-order chi connectivity index (χ0) is 11.0. The van der Waals surface area contributed by atoms with Crippen LogP contribution in [0.4, 0.5) is 0 Å². The number of nitrogens with two attached hydrogens (primary N) is 1. The van der Waals surface area contributed by atoms with Crippen molar-refractivity contribution >= 4 is 0 Å². The molecule has 0 aliphatic heterocycles. The van der Waals surface area contributed by atoms with Crippen molar-refractivity contribution in [2.75, 3.05) is 33.9 Å². The third kappa shape index (κ3) is 7.30. The van der Waals surface area contributed by atoms with E-state index in [2.05, 4.69) is 25.8 Å². The van der Waals surface area contributed by atoms with Crippen LogP contribution in [0.3, 0.4) is 0 Å². The standard InChI is InChI=1S/C11H26N2O/c1-5-6-10(2)7-13(3)8-11(12)9-14-4/h10-11H,5-9,12H2,1-4H3. The molecule has 0 radical (unpaired) electrons. The van der Waals surface area contributed by atoms with E-state index in [1.54, 1.807) is 7.11 Å². The fraction of sp³-hybridized carbons (Fsp3) is 1.00. The Morgan fingerprint density at radius 2 is 2.00 bits per heavy atom. The molecule has 0 saturated carbocycles. The number of rotatable bonds is 8. The molecule has 0 rings (SSSR count). The van der Waals surface area contributed by atoms with Gasteiger partial charge in [0.2, 0.25) is 0 Å². The summed E-state index contributed by atoms with van der Waals surface area (Å²) in [5, 5.41) is 0. The van der Waals surface area contributed by atoms with Crippen LogP contribution >= 0.6 is 0 Å².